The summed E-state index contributed by atoms with van der Waals surface area (Å²) in [7, 11) is 0. The van der Waals surface area contributed by atoms with Gasteiger partial charge < -0.3 is 4.74 Å². The number of esters is 1. The van der Waals surface area contributed by atoms with Gasteiger partial charge in [0, 0.05) is 9.65 Å². The zero-order valence-corrected chi connectivity index (χ0v) is 13.9. The molecule has 0 spiro atoms. The first-order chi connectivity index (χ1) is 8.66. The molecule has 0 N–H and O–H groups in total. The first kappa shape index (κ1) is 14.8. The van der Waals surface area contributed by atoms with Crippen molar-refractivity contribution in [2.45, 2.75) is 61.0 Å². The van der Waals surface area contributed by atoms with Gasteiger partial charge in [0.05, 0.1) is 12.5 Å². The molecule has 0 saturated heterocycles. The Morgan fingerprint density at radius 1 is 1.06 bits per heavy atom. The van der Waals surface area contributed by atoms with E-state index in [9.17, 15) is 4.79 Å². The van der Waals surface area contributed by atoms with Crippen LogP contribution in [0.3, 0.4) is 0 Å². The molecule has 0 aliphatic heterocycles. The summed E-state index contributed by atoms with van der Waals surface area (Å²) >= 11 is 7.25. The van der Waals surface area contributed by atoms with E-state index in [-0.39, 0.29) is 11.9 Å². The average molecular weight is 382 g/mol. The molecule has 2 aliphatic carbocycles. The fraction of sp³-hybridized carbons (Fsp3) is 0.929. The zero-order valence-electron chi connectivity index (χ0n) is 10.7. The van der Waals surface area contributed by atoms with Crippen LogP contribution < -0.4 is 0 Å². The maximum atomic E-state index is 12.1. The largest absolute Gasteiger partial charge is 0.465 e. The van der Waals surface area contributed by atoms with Gasteiger partial charge in [-0.1, -0.05) is 51.1 Å². The number of rotatable bonds is 3. The molecule has 104 valence electrons. The van der Waals surface area contributed by atoms with Crippen molar-refractivity contribution in [1.82, 2.24) is 0 Å². The van der Waals surface area contributed by atoms with Crippen molar-refractivity contribution in [2.75, 3.05) is 6.61 Å². The smallest absolute Gasteiger partial charge is 0.310 e. The van der Waals surface area contributed by atoms with Crippen LogP contribution >= 0.6 is 31.9 Å². The van der Waals surface area contributed by atoms with Crippen LogP contribution in [0.2, 0.25) is 0 Å². The molecule has 4 heteroatoms. The Hall–Kier alpha value is 0.430. The third kappa shape index (κ3) is 4.22. The van der Waals surface area contributed by atoms with Crippen LogP contribution in [0.4, 0.5) is 0 Å². The minimum absolute atomic E-state index is 0.00611. The van der Waals surface area contributed by atoms with Crippen molar-refractivity contribution < 1.29 is 9.53 Å². The van der Waals surface area contributed by atoms with Gasteiger partial charge in [0.25, 0.3) is 0 Å². The van der Waals surface area contributed by atoms with Crippen LogP contribution in [0, 0.1) is 11.8 Å². The molecule has 0 aromatic carbocycles. The van der Waals surface area contributed by atoms with E-state index in [1.165, 1.54) is 32.1 Å². The molecule has 0 radical (unpaired) electrons. The summed E-state index contributed by atoms with van der Waals surface area (Å²) in [5.41, 5.74) is 0. The zero-order chi connectivity index (χ0) is 13.0. The highest BCUT2D eigenvalue weighted by molar-refractivity contribution is 9.10. The Morgan fingerprint density at radius 2 is 1.78 bits per heavy atom. The van der Waals surface area contributed by atoms with Crippen molar-refractivity contribution in [2.24, 2.45) is 11.8 Å². The second kappa shape index (κ2) is 7.28. The van der Waals surface area contributed by atoms with E-state index in [1.807, 2.05) is 0 Å². The molecule has 2 fully saturated rings. The van der Waals surface area contributed by atoms with Crippen LogP contribution in [0.15, 0.2) is 0 Å². The van der Waals surface area contributed by atoms with E-state index in [0.29, 0.717) is 22.2 Å². The predicted molar refractivity (Wildman–Crippen MR) is 80.3 cm³/mol. The van der Waals surface area contributed by atoms with E-state index in [2.05, 4.69) is 31.9 Å². The second-order valence-corrected chi connectivity index (χ2v) is 8.14. The molecule has 0 aromatic rings. The number of carbonyl (C=O) groups excluding carboxylic acids is 1. The molecule has 2 saturated carbocycles. The van der Waals surface area contributed by atoms with Crippen LogP contribution in [-0.4, -0.2) is 22.2 Å². The third-order valence-corrected chi connectivity index (χ3v) is 6.12. The van der Waals surface area contributed by atoms with E-state index >= 15 is 0 Å². The predicted octanol–water partition coefficient (Wildman–Crippen LogP) is 4.44. The quantitative estimate of drug-likeness (QED) is 0.533. The molecule has 3 unspecified atom stereocenters. The lowest BCUT2D eigenvalue weighted by molar-refractivity contribution is -0.150. The van der Waals surface area contributed by atoms with Gasteiger partial charge in [0.15, 0.2) is 0 Å². The standard InChI is InChI=1S/C14H22Br2O2/c15-11-6-7-13(16)12(8-11)14(17)18-9-10-4-2-1-3-5-10/h10-13H,1-9H2. The SMILES string of the molecule is O=C(OCC1CCCCC1)C1CC(Br)CCC1Br. The summed E-state index contributed by atoms with van der Waals surface area (Å²) in [4.78, 5) is 12.9. The van der Waals surface area contributed by atoms with E-state index in [4.69, 9.17) is 4.74 Å². The Labute approximate surface area is 126 Å². The molecule has 0 aromatic heterocycles. The average Bonchev–Trinajstić information content (AvgIpc) is 2.40. The van der Waals surface area contributed by atoms with Crippen LogP contribution in [0.25, 0.3) is 0 Å². The summed E-state index contributed by atoms with van der Waals surface area (Å²) in [6, 6.07) is 0. The molecule has 0 amide bonds. The highest BCUT2D eigenvalue weighted by Gasteiger charge is 2.34. The first-order valence-corrected chi connectivity index (χ1v) is 8.94. The maximum absolute atomic E-state index is 12.1. The van der Waals surface area contributed by atoms with Gasteiger partial charge in [0.2, 0.25) is 0 Å². The fourth-order valence-electron chi connectivity index (χ4n) is 2.99. The van der Waals surface area contributed by atoms with Crippen LogP contribution in [-0.2, 0) is 9.53 Å². The minimum atomic E-state index is 0.00611. The van der Waals surface area contributed by atoms with Gasteiger partial charge in [0.1, 0.15) is 0 Å². The Morgan fingerprint density at radius 3 is 2.50 bits per heavy atom. The van der Waals surface area contributed by atoms with Crippen molar-refractivity contribution in [3.63, 3.8) is 0 Å². The number of hydrogen-bond donors (Lipinski definition) is 0. The highest BCUT2D eigenvalue weighted by Crippen LogP contribution is 2.34. The van der Waals surface area contributed by atoms with Crippen molar-refractivity contribution >= 4 is 37.8 Å². The van der Waals surface area contributed by atoms with Gasteiger partial charge in [-0.25, -0.2) is 0 Å². The lowest BCUT2D eigenvalue weighted by Gasteiger charge is -2.29. The Balaban J connectivity index is 1.75. The van der Waals surface area contributed by atoms with Gasteiger partial charge in [-0.2, -0.15) is 0 Å². The van der Waals surface area contributed by atoms with Gasteiger partial charge in [-0.3, -0.25) is 4.79 Å². The Bertz CT molecular complexity index is 277. The number of alkyl halides is 2. The van der Waals surface area contributed by atoms with Crippen molar-refractivity contribution in [3.8, 4) is 0 Å². The number of carbonyl (C=O) groups is 1. The summed E-state index contributed by atoms with van der Waals surface area (Å²) in [5, 5.41) is 0. The van der Waals surface area contributed by atoms with Crippen molar-refractivity contribution in [1.29, 1.82) is 0 Å². The van der Waals surface area contributed by atoms with Gasteiger partial charge in [-0.15, -0.1) is 0 Å². The lowest BCUT2D eigenvalue weighted by atomic mass is 9.88. The molecule has 2 rings (SSSR count). The normalized spacial score (nSPS) is 34.2. The minimum Gasteiger partial charge on any atom is -0.465 e. The van der Waals surface area contributed by atoms with E-state index < -0.39 is 0 Å². The Kier molecular flexibility index (Phi) is 5.99. The fourth-order valence-corrected chi connectivity index (χ4v) is 4.35. The number of hydrogen-bond acceptors (Lipinski definition) is 2. The first-order valence-electron chi connectivity index (χ1n) is 7.11. The molecular weight excluding hydrogens is 360 g/mol. The summed E-state index contributed by atoms with van der Waals surface area (Å²) in [5.74, 6) is 0.651. The monoisotopic (exact) mass is 380 g/mol. The number of halogens is 2. The summed E-state index contributed by atoms with van der Waals surface area (Å²) in [6.45, 7) is 0.641. The molecule has 0 heterocycles. The van der Waals surface area contributed by atoms with Crippen LogP contribution in [0.1, 0.15) is 51.4 Å². The molecule has 3 atom stereocenters. The molecule has 18 heavy (non-hydrogen) atoms. The molecule has 2 aliphatic rings. The summed E-state index contributed by atoms with van der Waals surface area (Å²) in [6.07, 6.45) is 9.52. The number of ether oxygens (including phenoxy) is 1. The second-order valence-electron chi connectivity index (χ2n) is 5.67. The lowest BCUT2D eigenvalue weighted by Crippen LogP contribution is -2.34. The third-order valence-electron chi connectivity index (χ3n) is 4.19. The van der Waals surface area contributed by atoms with Gasteiger partial charge >= 0.3 is 5.97 Å². The molecule has 2 nitrogen and oxygen atoms in total. The molecule has 0 bridgehead atoms. The maximum Gasteiger partial charge on any atom is 0.310 e. The van der Waals surface area contributed by atoms with E-state index in [0.717, 1.165) is 19.3 Å². The van der Waals surface area contributed by atoms with Crippen LogP contribution in [0.5, 0.6) is 0 Å². The van der Waals surface area contributed by atoms with Gasteiger partial charge in [-0.05, 0) is 38.0 Å². The summed E-state index contributed by atoms with van der Waals surface area (Å²) < 4.78 is 5.55. The van der Waals surface area contributed by atoms with Crippen molar-refractivity contribution in [3.05, 3.63) is 0 Å². The topological polar surface area (TPSA) is 26.3 Å². The van der Waals surface area contributed by atoms with E-state index in [1.54, 1.807) is 0 Å². The highest BCUT2D eigenvalue weighted by atomic mass is 79.9. The molecular formula is C14H22Br2O2.